The van der Waals surface area contributed by atoms with Gasteiger partial charge < -0.3 is 5.73 Å². The van der Waals surface area contributed by atoms with E-state index < -0.39 is 0 Å². The zero-order valence-electron chi connectivity index (χ0n) is 7.62. The second-order valence-electron chi connectivity index (χ2n) is 2.96. The summed E-state index contributed by atoms with van der Waals surface area (Å²) in [7, 11) is 0. The Hall–Kier alpha value is -1.59. The molecule has 0 bridgehead atoms. The van der Waals surface area contributed by atoms with Crippen LogP contribution in [0.15, 0.2) is 30.9 Å². The second kappa shape index (κ2) is 3.88. The minimum atomic E-state index is -0.254. The molecule has 1 aromatic rings. The Morgan fingerprint density at radius 2 is 2.31 bits per heavy atom. The third-order valence-electron chi connectivity index (χ3n) is 1.94. The van der Waals surface area contributed by atoms with Crippen LogP contribution in [0.3, 0.4) is 0 Å². The van der Waals surface area contributed by atoms with Gasteiger partial charge in [-0.2, -0.15) is 5.26 Å². The van der Waals surface area contributed by atoms with Crippen LogP contribution < -0.4 is 5.73 Å². The van der Waals surface area contributed by atoms with Crippen LogP contribution in [0.1, 0.15) is 22.7 Å². The topological polar surface area (TPSA) is 49.8 Å². The maximum absolute atomic E-state index is 8.85. The molecule has 0 unspecified atom stereocenters. The van der Waals surface area contributed by atoms with Gasteiger partial charge in [0.1, 0.15) is 0 Å². The molecule has 0 fully saturated rings. The average molecular weight is 172 g/mol. The van der Waals surface area contributed by atoms with Crippen LogP contribution in [0.5, 0.6) is 0 Å². The molecule has 2 nitrogen and oxygen atoms in total. The Morgan fingerprint density at radius 1 is 1.62 bits per heavy atom. The number of rotatable bonds is 2. The zero-order valence-corrected chi connectivity index (χ0v) is 7.62. The quantitative estimate of drug-likeness (QED) is 0.694. The van der Waals surface area contributed by atoms with E-state index in [2.05, 4.69) is 12.6 Å². The first-order valence-corrected chi connectivity index (χ1v) is 4.08. The summed E-state index contributed by atoms with van der Waals surface area (Å²) in [5.41, 5.74) is 8.29. The smallest absolute Gasteiger partial charge is 0.0995 e. The Kier molecular flexibility index (Phi) is 2.84. The van der Waals surface area contributed by atoms with Crippen molar-refractivity contribution in [2.75, 3.05) is 0 Å². The standard InChI is InChI=1S/C11H12N2/c1-3-11(13)10-5-4-8(2)6-9(10)7-12/h3-6,11H,1,13H2,2H3/t11-/m1/s1. The number of benzene rings is 1. The molecule has 0 saturated heterocycles. The van der Waals surface area contributed by atoms with Crippen molar-refractivity contribution in [1.29, 1.82) is 5.26 Å². The molecule has 13 heavy (non-hydrogen) atoms. The molecule has 0 spiro atoms. The summed E-state index contributed by atoms with van der Waals surface area (Å²) in [5, 5.41) is 8.85. The molecule has 0 aliphatic heterocycles. The molecule has 0 aliphatic carbocycles. The Balaban J connectivity index is 3.22. The van der Waals surface area contributed by atoms with Gasteiger partial charge in [-0.1, -0.05) is 18.2 Å². The number of hydrogen-bond acceptors (Lipinski definition) is 2. The first-order chi connectivity index (χ1) is 6.19. The lowest BCUT2D eigenvalue weighted by atomic mass is 10.00. The van der Waals surface area contributed by atoms with E-state index >= 15 is 0 Å². The molecule has 2 heteroatoms. The number of hydrogen-bond donors (Lipinski definition) is 1. The van der Waals surface area contributed by atoms with E-state index in [1.54, 1.807) is 6.08 Å². The van der Waals surface area contributed by atoms with Crippen molar-refractivity contribution in [3.05, 3.63) is 47.5 Å². The summed E-state index contributed by atoms with van der Waals surface area (Å²) >= 11 is 0. The van der Waals surface area contributed by atoms with Crippen LogP contribution in [-0.4, -0.2) is 0 Å². The summed E-state index contributed by atoms with van der Waals surface area (Å²) in [6.45, 7) is 5.55. The highest BCUT2D eigenvalue weighted by Gasteiger charge is 2.06. The van der Waals surface area contributed by atoms with Gasteiger partial charge in [0.05, 0.1) is 11.6 Å². The molecule has 0 aliphatic rings. The molecule has 0 radical (unpaired) electrons. The van der Waals surface area contributed by atoms with E-state index in [0.717, 1.165) is 11.1 Å². The highest BCUT2D eigenvalue weighted by molar-refractivity contribution is 5.43. The van der Waals surface area contributed by atoms with Gasteiger partial charge in [-0.05, 0) is 24.1 Å². The Labute approximate surface area is 78.3 Å². The van der Waals surface area contributed by atoms with Crippen LogP contribution in [0.25, 0.3) is 0 Å². The van der Waals surface area contributed by atoms with Crippen LogP contribution in [0, 0.1) is 18.3 Å². The molecule has 0 heterocycles. The first-order valence-electron chi connectivity index (χ1n) is 4.08. The monoisotopic (exact) mass is 172 g/mol. The maximum atomic E-state index is 8.85. The molecular weight excluding hydrogens is 160 g/mol. The number of nitrogens with zero attached hydrogens (tertiary/aromatic N) is 1. The molecule has 0 saturated carbocycles. The van der Waals surface area contributed by atoms with Gasteiger partial charge in [0.25, 0.3) is 0 Å². The van der Waals surface area contributed by atoms with Crippen molar-refractivity contribution < 1.29 is 0 Å². The van der Waals surface area contributed by atoms with E-state index in [-0.39, 0.29) is 6.04 Å². The third-order valence-corrected chi connectivity index (χ3v) is 1.94. The molecule has 0 aromatic heterocycles. The van der Waals surface area contributed by atoms with Gasteiger partial charge in [0, 0.05) is 6.04 Å². The summed E-state index contributed by atoms with van der Waals surface area (Å²) in [5.74, 6) is 0. The number of aryl methyl sites for hydroxylation is 1. The minimum absolute atomic E-state index is 0.254. The molecule has 1 rings (SSSR count). The predicted octanol–water partition coefficient (Wildman–Crippen LogP) is 2.05. The van der Waals surface area contributed by atoms with Crippen LogP contribution in [0.2, 0.25) is 0 Å². The van der Waals surface area contributed by atoms with Gasteiger partial charge in [-0.15, -0.1) is 6.58 Å². The van der Waals surface area contributed by atoms with Crippen molar-refractivity contribution in [1.82, 2.24) is 0 Å². The Morgan fingerprint density at radius 3 is 2.85 bits per heavy atom. The molecule has 2 N–H and O–H groups in total. The lowest BCUT2D eigenvalue weighted by molar-refractivity contribution is 0.908. The fourth-order valence-electron chi connectivity index (χ4n) is 1.18. The average Bonchev–Trinajstić information content (AvgIpc) is 2.16. The van der Waals surface area contributed by atoms with Gasteiger partial charge in [-0.3, -0.25) is 0 Å². The van der Waals surface area contributed by atoms with E-state index in [9.17, 15) is 0 Å². The van der Waals surface area contributed by atoms with Gasteiger partial charge in [0.2, 0.25) is 0 Å². The SMILES string of the molecule is C=C[C@@H](N)c1ccc(C)cc1C#N. The predicted molar refractivity (Wildman–Crippen MR) is 53.0 cm³/mol. The van der Waals surface area contributed by atoms with E-state index in [1.807, 2.05) is 25.1 Å². The Bertz CT molecular complexity index is 361. The van der Waals surface area contributed by atoms with Crippen LogP contribution >= 0.6 is 0 Å². The largest absolute Gasteiger partial charge is 0.321 e. The molecule has 1 atom stereocenters. The van der Waals surface area contributed by atoms with Crippen molar-refractivity contribution in [3.63, 3.8) is 0 Å². The first kappa shape index (κ1) is 9.50. The lowest BCUT2D eigenvalue weighted by Crippen LogP contribution is -2.08. The zero-order chi connectivity index (χ0) is 9.84. The van der Waals surface area contributed by atoms with E-state index in [1.165, 1.54) is 0 Å². The van der Waals surface area contributed by atoms with Crippen molar-refractivity contribution >= 4 is 0 Å². The van der Waals surface area contributed by atoms with Gasteiger partial charge in [-0.25, -0.2) is 0 Å². The third kappa shape index (κ3) is 1.95. The van der Waals surface area contributed by atoms with Crippen molar-refractivity contribution in [2.45, 2.75) is 13.0 Å². The number of nitriles is 1. The summed E-state index contributed by atoms with van der Waals surface area (Å²) < 4.78 is 0. The van der Waals surface area contributed by atoms with Gasteiger partial charge >= 0.3 is 0 Å². The van der Waals surface area contributed by atoms with Crippen molar-refractivity contribution in [3.8, 4) is 6.07 Å². The molecular formula is C11H12N2. The number of nitrogens with two attached hydrogens (primary N) is 1. The maximum Gasteiger partial charge on any atom is 0.0995 e. The fraction of sp³-hybridized carbons (Fsp3) is 0.182. The molecule has 66 valence electrons. The summed E-state index contributed by atoms with van der Waals surface area (Å²) in [6.07, 6.45) is 1.63. The minimum Gasteiger partial charge on any atom is -0.321 e. The van der Waals surface area contributed by atoms with Gasteiger partial charge in [0.15, 0.2) is 0 Å². The highest BCUT2D eigenvalue weighted by atomic mass is 14.6. The van der Waals surface area contributed by atoms with Crippen LogP contribution in [-0.2, 0) is 0 Å². The summed E-state index contributed by atoms with van der Waals surface area (Å²) in [4.78, 5) is 0. The summed E-state index contributed by atoms with van der Waals surface area (Å²) in [6, 6.07) is 7.52. The van der Waals surface area contributed by atoms with E-state index in [4.69, 9.17) is 11.0 Å². The normalized spacial score (nSPS) is 11.8. The highest BCUT2D eigenvalue weighted by Crippen LogP contribution is 2.17. The molecule has 0 amide bonds. The molecule has 1 aromatic carbocycles. The lowest BCUT2D eigenvalue weighted by Gasteiger charge is -2.08. The fourth-order valence-corrected chi connectivity index (χ4v) is 1.18. The second-order valence-corrected chi connectivity index (χ2v) is 2.96. The van der Waals surface area contributed by atoms with E-state index in [0.29, 0.717) is 5.56 Å². The van der Waals surface area contributed by atoms with Crippen LogP contribution in [0.4, 0.5) is 0 Å². The van der Waals surface area contributed by atoms with Crippen molar-refractivity contribution in [2.24, 2.45) is 5.73 Å².